The van der Waals surface area contributed by atoms with Crippen LogP contribution in [-0.2, 0) is 9.59 Å². The predicted octanol–water partition coefficient (Wildman–Crippen LogP) is 3.11. The maximum atomic E-state index is 12.2. The van der Waals surface area contributed by atoms with Gasteiger partial charge in [0.05, 0.1) is 5.71 Å². The Morgan fingerprint density at radius 2 is 1.67 bits per heavy atom. The van der Waals surface area contributed by atoms with E-state index in [-0.39, 0.29) is 12.3 Å². The number of anilines is 1. The molecular weight excluding hydrogens is 363 g/mol. The molecule has 0 heterocycles. The van der Waals surface area contributed by atoms with E-state index >= 15 is 0 Å². The molecule has 0 bridgehead atoms. The first-order valence-electron chi connectivity index (χ1n) is 7.75. The van der Waals surface area contributed by atoms with Crippen molar-refractivity contribution in [2.45, 2.75) is 13.1 Å². The van der Waals surface area contributed by atoms with Gasteiger partial charge in [-0.15, -0.1) is 0 Å². The molecule has 0 aliphatic rings. The highest BCUT2D eigenvalue weighted by Gasteiger charge is 2.38. The van der Waals surface area contributed by atoms with Crippen LogP contribution in [0.1, 0.15) is 12.5 Å². The zero-order chi connectivity index (χ0) is 19.9. The minimum atomic E-state index is -4.96. The number of carbonyl (C=O) groups is 2. The number of nitrogens with one attached hydrogen (secondary N) is 2. The highest BCUT2D eigenvalue weighted by atomic mass is 19.4. The van der Waals surface area contributed by atoms with Crippen LogP contribution in [0.15, 0.2) is 59.7 Å². The number of hydrogen-bond donors (Lipinski definition) is 2. The van der Waals surface area contributed by atoms with E-state index < -0.39 is 18.0 Å². The van der Waals surface area contributed by atoms with E-state index in [0.29, 0.717) is 17.0 Å². The third-order valence-corrected chi connectivity index (χ3v) is 3.28. The maximum Gasteiger partial charge on any atom is 0.471 e. The van der Waals surface area contributed by atoms with Crippen molar-refractivity contribution < 1.29 is 27.5 Å². The Kier molecular flexibility index (Phi) is 6.53. The van der Waals surface area contributed by atoms with Crippen molar-refractivity contribution in [2.24, 2.45) is 5.10 Å². The smallest absolute Gasteiger partial charge is 0.471 e. The van der Waals surface area contributed by atoms with E-state index in [0.717, 1.165) is 0 Å². The van der Waals surface area contributed by atoms with Gasteiger partial charge in [-0.05, 0) is 36.8 Å². The maximum absolute atomic E-state index is 12.2. The molecule has 0 unspecified atom stereocenters. The lowest BCUT2D eigenvalue weighted by molar-refractivity contribution is -0.167. The Bertz CT molecular complexity index is 819. The van der Waals surface area contributed by atoms with Crippen LogP contribution in [0.5, 0.6) is 5.75 Å². The fourth-order valence-corrected chi connectivity index (χ4v) is 1.91. The molecule has 0 saturated heterocycles. The quantitative estimate of drug-likeness (QED) is 0.598. The lowest BCUT2D eigenvalue weighted by atomic mass is 10.1. The number of ether oxygens (including phenoxy) is 1. The third-order valence-electron chi connectivity index (χ3n) is 3.28. The van der Waals surface area contributed by atoms with Crippen molar-refractivity contribution in [3.05, 3.63) is 60.2 Å². The molecule has 2 rings (SSSR count). The highest BCUT2D eigenvalue weighted by Crippen LogP contribution is 2.18. The number of para-hydroxylation sites is 1. The van der Waals surface area contributed by atoms with Gasteiger partial charge >= 0.3 is 12.1 Å². The summed E-state index contributed by atoms with van der Waals surface area (Å²) in [5.41, 5.74) is 3.31. The average Bonchev–Trinajstić information content (AvgIpc) is 2.65. The minimum Gasteiger partial charge on any atom is -0.484 e. The van der Waals surface area contributed by atoms with Crippen molar-refractivity contribution in [3.63, 3.8) is 0 Å². The number of hydrogen-bond acceptors (Lipinski definition) is 4. The lowest BCUT2D eigenvalue weighted by Gasteiger charge is -2.09. The Labute approximate surface area is 153 Å². The van der Waals surface area contributed by atoms with Crippen molar-refractivity contribution in [3.8, 4) is 5.75 Å². The first-order chi connectivity index (χ1) is 12.8. The topological polar surface area (TPSA) is 79.8 Å². The van der Waals surface area contributed by atoms with Crippen LogP contribution in [0.2, 0.25) is 0 Å². The molecule has 2 amide bonds. The van der Waals surface area contributed by atoms with E-state index in [1.54, 1.807) is 36.5 Å². The van der Waals surface area contributed by atoms with E-state index in [2.05, 4.69) is 10.5 Å². The molecule has 0 aromatic heterocycles. The molecule has 0 saturated carbocycles. The van der Waals surface area contributed by atoms with Gasteiger partial charge in [0.1, 0.15) is 5.75 Å². The van der Waals surface area contributed by atoms with Gasteiger partial charge in [-0.1, -0.05) is 30.3 Å². The van der Waals surface area contributed by atoms with Crippen LogP contribution < -0.4 is 15.5 Å². The summed E-state index contributed by atoms with van der Waals surface area (Å²) in [5.74, 6) is -1.97. The van der Waals surface area contributed by atoms with E-state index in [4.69, 9.17) is 4.74 Å². The molecule has 2 aromatic rings. The van der Waals surface area contributed by atoms with Gasteiger partial charge in [0, 0.05) is 5.69 Å². The van der Waals surface area contributed by atoms with Crippen LogP contribution >= 0.6 is 0 Å². The van der Waals surface area contributed by atoms with Crippen molar-refractivity contribution in [2.75, 3.05) is 11.9 Å². The average molecular weight is 379 g/mol. The second-order valence-corrected chi connectivity index (χ2v) is 5.36. The molecule has 9 heteroatoms. The van der Waals surface area contributed by atoms with E-state index in [9.17, 15) is 22.8 Å². The van der Waals surface area contributed by atoms with Crippen molar-refractivity contribution in [1.29, 1.82) is 0 Å². The van der Waals surface area contributed by atoms with Gasteiger partial charge in [0.2, 0.25) is 0 Å². The molecule has 0 radical (unpaired) electrons. The van der Waals surface area contributed by atoms with Gasteiger partial charge in [-0.2, -0.15) is 18.3 Å². The van der Waals surface area contributed by atoms with Gasteiger partial charge in [-0.3, -0.25) is 9.59 Å². The predicted molar refractivity (Wildman–Crippen MR) is 93.4 cm³/mol. The Balaban J connectivity index is 1.88. The van der Waals surface area contributed by atoms with Crippen LogP contribution in [0.4, 0.5) is 18.9 Å². The molecule has 142 valence electrons. The molecule has 0 aliphatic carbocycles. The Morgan fingerprint density at radius 1 is 1.04 bits per heavy atom. The molecule has 0 atom stereocenters. The van der Waals surface area contributed by atoms with E-state index in [1.165, 1.54) is 24.3 Å². The number of rotatable bonds is 6. The zero-order valence-corrected chi connectivity index (χ0v) is 14.2. The van der Waals surface area contributed by atoms with Crippen molar-refractivity contribution in [1.82, 2.24) is 5.43 Å². The Hall–Kier alpha value is -3.36. The summed E-state index contributed by atoms with van der Waals surface area (Å²) in [7, 11) is 0. The zero-order valence-electron chi connectivity index (χ0n) is 14.2. The fraction of sp³-hybridized carbons (Fsp3) is 0.167. The highest BCUT2D eigenvalue weighted by molar-refractivity contribution is 6.00. The minimum absolute atomic E-state index is 0.00540. The summed E-state index contributed by atoms with van der Waals surface area (Å²) < 4.78 is 41.9. The number of hydrazone groups is 1. The number of amides is 2. The normalized spacial score (nSPS) is 11.6. The second-order valence-electron chi connectivity index (χ2n) is 5.36. The first-order valence-corrected chi connectivity index (χ1v) is 7.75. The third kappa shape index (κ3) is 6.46. The first kappa shape index (κ1) is 20.0. The van der Waals surface area contributed by atoms with Gasteiger partial charge in [-0.25, -0.2) is 5.43 Å². The largest absolute Gasteiger partial charge is 0.484 e. The number of alkyl halides is 3. The van der Waals surface area contributed by atoms with Gasteiger partial charge in [0.25, 0.3) is 5.91 Å². The van der Waals surface area contributed by atoms with Crippen molar-refractivity contribution >= 4 is 23.2 Å². The summed E-state index contributed by atoms with van der Waals surface area (Å²) in [5, 5.41) is 5.65. The molecule has 27 heavy (non-hydrogen) atoms. The van der Waals surface area contributed by atoms with Gasteiger partial charge < -0.3 is 10.1 Å². The van der Waals surface area contributed by atoms with Gasteiger partial charge in [0.15, 0.2) is 6.61 Å². The number of nitrogens with zero attached hydrogens (tertiary/aromatic N) is 1. The van der Waals surface area contributed by atoms with Crippen LogP contribution in [0, 0.1) is 0 Å². The number of benzene rings is 2. The van der Waals surface area contributed by atoms with Crippen LogP contribution in [0.25, 0.3) is 0 Å². The number of carbonyl (C=O) groups excluding carboxylic acids is 2. The summed E-state index contributed by atoms with van der Waals surface area (Å²) in [6.45, 7) is 1.39. The summed E-state index contributed by atoms with van der Waals surface area (Å²) in [6, 6.07) is 14.3. The summed E-state index contributed by atoms with van der Waals surface area (Å²) >= 11 is 0. The van der Waals surface area contributed by atoms with Crippen LogP contribution in [0.3, 0.4) is 0 Å². The van der Waals surface area contributed by atoms with E-state index in [1.807, 2.05) is 6.07 Å². The molecule has 2 aromatic carbocycles. The molecule has 0 fully saturated rings. The summed E-state index contributed by atoms with van der Waals surface area (Å²) in [4.78, 5) is 22.6. The molecular formula is C18H16F3N3O3. The molecule has 0 spiro atoms. The molecule has 0 aliphatic heterocycles. The Morgan fingerprint density at radius 3 is 2.26 bits per heavy atom. The molecule has 2 N–H and O–H groups in total. The summed E-state index contributed by atoms with van der Waals surface area (Å²) in [6.07, 6.45) is -4.96. The SMILES string of the molecule is C/C(=N\NC(=O)COc1ccccc1)c1ccc(NC(=O)C(F)(F)F)cc1. The fourth-order valence-electron chi connectivity index (χ4n) is 1.91. The second kappa shape index (κ2) is 8.84. The monoisotopic (exact) mass is 379 g/mol. The molecule has 6 nitrogen and oxygen atoms in total. The number of halogens is 3. The lowest BCUT2D eigenvalue weighted by Crippen LogP contribution is -2.29. The standard InChI is InChI=1S/C18H16F3N3O3/c1-12(23-24-16(25)11-27-15-5-3-2-4-6-15)13-7-9-14(10-8-13)22-17(26)18(19,20)21/h2-10H,11H2,1H3,(H,22,26)(H,24,25)/b23-12+. The van der Waals surface area contributed by atoms with Crippen LogP contribution in [-0.4, -0.2) is 30.3 Å².